The zero-order valence-electron chi connectivity index (χ0n) is 12.6. The first-order valence-electron chi connectivity index (χ1n) is 7.23. The molecule has 21 heavy (non-hydrogen) atoms. The van der Waals surface area contributed by atoms with Gasteiger partial charge in [0.1, 0.15) is 5.75 Å². The molecule has 2 rings (SSSR count). The zero-order chi connectivity index (χ0) is 15.6. The average Bonchev–Trinajstić information content (AvgIpc) is 2.45. The van der Waals surface area contributed by atoms with Gasteiger partial charge in [0, 0.05) is 23.5 Å². The third-order valence-electron chi connectivity index (χ3n) is 3.59. The molecule has 1 heterocycles. The highest BCUT2D eigenvalue weighted by Gasteiger charge is 2.22. The van der Waals surface area contributed by atoms with Crippen molar-refractivity contribution in [2.24, 2.45) is 0 Å². The minimum absolute atomic E-state index is 0.00326. The maximum absolute atomic E-state index is 11.4. The number of aromatic nitrogens is 1. The van der Waals surface area contributed by atoms with E-state index < -0.39 is 6.10 Å². The van der Waals surface area contributed by atoms with Gasteiger partial charge in [0.05, 0.1) is 11.6 Å². The molecule has 0 saturated carbocycles. The van der Waals surface area contributed by atoms with Crippen molar-refractivity contribution in [3.63, 3.8) is 0 Å². The molecule has 0 radical (unpaired) electrons. The van der Waals surface area contributed by atoms with Crippen molar-refractivity contribution in [1.82, 2.24) is 10.3 Å². The van der Waals surface area contributed by atoms with Crippen LogP contribution in [0.1, 0.15) is 38.9 Å². The number of aromatic amines is 1. The van der Waals surface area contributed by atoms with Crippen LogP contribution in [0.25, 0.3) is 10.9 Å². The standard InChI is InChI=1S/C16H22N2O3/c1-4-12(17-9(2)3)16(21)11-5-7-13(19)15-10(11)6-8-14(20)18-15/h5-9,12,16-17,19,21H,4H2,1-3H3,(H,18,20)/i9-1. The monoisotopic (exact) mass is 289 g/mol. The van der Waals surface area contributed by atoms with Crippen LogP contribution in [0.2, 0.25) is 0 Å². The van der Waals surface area contributed by atoms with Crippen molar-refractivity contribution in [3.05, 3.63) is 40.2 Å². The smallest absolute Gasteiger partial charge is 0.248 e. The van der Waals surface area contributed by atoms with Gasteiger partial charge in [-0.25, -0.2) is 0 Å². The van der Waals surface area contributed by atoms with Crippen LogP contribution in [0.5, 0.6) is 5.75 Å². The number of hydrogen-bond donors (Lipinski definition) is 4. The summed E-state index contributed by atoms with van der Waals surface area (Å²) in [4.78, 5) is 14.0. The van der Waals surface area contributed by atoms with E-state index in [-0.39, 0.29) is 23.4 Å². The third-order valence-corrected chi connectivity index (χ3v) is 3.59. The molecule has 0 fully saturated rings. The van der Waals surface area contributed by atoms with E-state index in [0.29, 0.717) is 16.5 Å². The first kappa shape index (κ1) is 15.5. The first-order chi connectivity index (χ1) is 9.93. The van der Waals surface area contributed by atoms with Crippen LogP contribution >= 0.6 is 0 Å². The highest BCUT2D eigenvalue weighted by atomic mass is 16.3. The predicted octanol–water partition coefficient (Wildman–Crippen LogP) is 2.04. The van der Waals surface area contributed by atoms with E-state index in [2.05, 4.69) is 10.3 Å². The molecule has 2 unspecified atom stereocenters. The third kappa shape index (κ3) is 3.25. The van der Waals surface area contributed by atoms with E-state index in [9.17, 15) is 15.0 Å². The lowest BCUT2D eigenvalue weighted by molar-refractivity contribution is 0.123. The Morgan fingerprint density at radius 3 is 2.57 bits per heavy atom. The molecule has 0 aliphatic heterocycles. The molecule has 4 N–H and O–H groups in total. The molecule has 114 valence electrons. The molecule has 0 aliphatic carbocycles. The van der Waals surface area contributed by atoms with Crippen molar-refractivity contribution >= 4 is 10.9 Å². The van der Waals surface area contributed by atoms with Gasteiger partial charge in [-0.1, -0.05) is 26.8 Å². The summed E-state index contributed by atoms with van der Waals surface area (Å²) in [6, 6.07) is 6.39. The quantitative estimate of drug-likeness (QED) is 0.678. The number of aliphatic hydroxyl groups excluding tert-OH is 1. The highest BCUT2D eigenvalue weighted by molar-refractivity contribution is 5.87. The number of aliphatic hydroxyl groups is 1. The molecule has 2 aromatic rings. The van der Waals surface area contributed by atoms with Gasteiger partial charge in [-0.05, 0) is 24.1 Å². The Hall–Kier alpha value is -1.85. The van der Waals surface area contributed by atoms with E-state index in [0.717, 1.165) is 6.42 Å². The molecular formula is C16H22N2O3. The summed E-state index contributed by atoms with van der Waals surface area (Å²) in [5.41, 5.74) is 0.772. The van der Waals surface area contributed by atoms with Crippen molar-refractivity contribution in [3.8, 4) is 5.75 Å². The fourth-order valence-corrected chi connectivity index (χ4v) is 2.59. The summed E-state index contributed by atoms with van der Waals surface area (Å²) in [5, 5.41) is 24.5. The summed E-state index contributed by atoms with van der Waals surface area (Å²) in [7, 11) is 0. The molecule has 5 nitrogen and oxygen atoms in total. The van der Waals surface area contributed by atoms with Gasteiger partial charge >= 0.3 is 0 Å². The van der Waals surface area contributed by atoms with Gasteiger partial charge in [0.15, 0.2) is 0 Å². The first-order valence-corrected chi connectivity index (χ1v) is 7.23. The molecule has 1 aromatic carbocycles. The second kappa shape index (κ2) is 6.28. The van der Waals surface area contributed by atoms with Crippen molar-refractivity contribution in [2.75, 3.05) is 0 Å². The van der Waals surface area contributed by atoms with Crippen molar-refractivity contribution in [1.29, 1.82) is 0 Å². The predicted molar refractivity (Wildman–Crippen MR) is 83.5 cm³/mol. The number of aromatic hydroxyl groups is 1. The van der Waals surface area contributed by atoms with Gasteiger partial charge in [0.25, 0.3) is 0 Å². The van der Waals surface area contributed by atoms with E-state index in [4.69, 9.17) is 0 Å². The highest BCUT2D eigenvalue weighted by Crippen LogP contribution is 2.30. The van der Waals surface area contributed by atoms with Crippen molar-refractivity contribution < 1.29 is 10.2 Å². The second-order valence-electron chi connectivity index (χ2n) is 5.57. The van der Waals surface area contributed by atoms with E-state index >= 15 is 0 Å². The Morgan fingerprint density at radius 1 is 1.24 bits per heavy atom. The molecule has 0 saturated heterocycles. The Labute approximate surface area is 123 Å². The molecular weight excluding hydrogens is 267 g/mol. The summed E-state index contributed by atoms with van der Waals surface area (Å²) in [5.74, 6) is 0.00326. The Balaban J connectivity index is 2.50. The Bertz CT molecular complexity index is 679. The maximum Gasteiger partial charge on any atom is 0.248 e. The van der Waals surface area contributed by atoms with Crippen LogP contribution < -0.4 is 10.9 Å². The number of fused-ring (bicyclic) bond motifs is 1. The molecule has 0 bridgehead atoms. The summed E-state index contributed by atoms with van der Waals surface area (Å²) in [6.07, 6.45) is 0.0526. The summed E-state index contributed by atoms with van der Waals surface area (Å²) < 4.78 is 0. The minimum Gasteiger partial charge on any atom is -0.506 e. The van der Waals surface area contributed by atoms with Crippen LogP contribution in [0, 0.1) is 0 Å². The molecule has 0 amide bonds. The number of rotatable bonds is 5. The topological polar surface area (TPSA) is 85.3 Å². The van der Waals surface area contributed by atoms with Gasteiger partial charge in [-0.3, -0.25) is 4.79 Å². The lowest BCUT2D eigenvalue weighted by Crippen LogP contribution is -2.39. The summed E-state index contributed by atoms with van der Waals surface area (Å²) >= 11 is 0. The van der Waals surface area contributed by atoms with Crippen LogP contribution in [0.15, 0.2) is 29.1 Å². The van der Waals surface area contributed by atoms with E-state index in [1.54, 1.807) is 12.1 Å². The zero-order valence-corrected chi connectivity index (χ0v) is 12.6. The number of pyridine rings is 1. The van der Waals surface area contributed by atoms with Crippen LogP contribution in [0.4, 0.5) is 0 Å². The van der Waals surface area contributed by atoms with Gasteiger partial charge in [0.2, 0.25) is 5.56 Å². The van der Waals surface area contributed by atoms with Crippen molar-refractivity contribution in [2.45, 2.75) is 45.4 Å². The number of benzene rings is 1. The number of H-pyrrole nitrogens is 1. The van der Waals surface area contributed by atoms with Gasteiger partial charge in [-0.15, -0.1) is 0 Å². The number of phenols is 1. The fourth-order valence-electron chi connectivity index (χ4n) is 2.59. The Kier molecular flexibility index (Phi) is 4.65. The summed E-state index contributed by atoms with van der Waals surface area (Å²) in [6.45, 7) is 6.07. The lowest BCUT2D eigenvalue weighted by atomic mass is 9.79. The molecule has 2 atom stereocenters. The molecule has 0 aliphatic rings. The molecule has 1 aromatic heterocycles. The average molecular weight is 289 g/mol. The normalized spacial score (nSPS) is 14.5. The van der Waals surface area contributed by atoms with Gasteiger partial charge in [-0.2, -0.15) is 0 Å². The Morgan fingerprint density at radius 2 is 1.95 bits per heavy atom. The largest absolute Gasteiger partial charge is 0.506 e. The van der Waals surface area contributed by atoms with Crippen LogP contribution in [-0.4, -0.2) is 27.3 Å². The van der Waals surface area contributed by atoms with Gasteiger partial charge < -0.3 is 20.5 Å². The molecule has 5 heteroatoms. The van der Waals surface area contributed by atoms with Crippen LogP contribution in [0.3, 0.4) is 0 Å². The SMILES string of the molecule is CCC(N[11CH](C)C)C(O)c1ccc(O)c2[nH]c(=O)ccc12. The minimum atomic E-state index is -0.716. The van der Waals surface area contributed by atoms with Crippen LogP contribution in [-0.2, 0) is 0 Å². The van der Waals surface area contributed by atoms with E-state index in [1.165, 1.54) is 12.1 Å². The lowest BCUT2D eigenvalue weighted by Gasteiger charge is -2.26. The number of hydrogen-bond acceptors (Lipinski definition) is 4. The number of nitrogens with one attached hydrogen (secondary N) is 2. The molecule has 0 spiro atoms. The van der Waals surface area contributed by atoms with E-state index in [1.807, 2.05) is 20.8 Å². The fraction of sp³-hybridized carbons (Fsp3) is 0.438. The second-order valence-corrected chi connectivity index (χ2v) is 5.57. The maximum atomic E-state index is 11.4. The number of phenolic OH excluding ortho intramolecular Hbond substituents is 1.